The third-order valence-electron chi connectivity index (χ3n) is 6.85. The molecule has 1 saturated heterocycles. The summed E-state index contributed by atoms with van der Waals surface area (Å²) in [7, 11) is 1.75. The van der Waals surface area contributed by atoms with E-state index >= 15 is 0 Å². The van der Waals surface area contributed by atoms with Crippen molar-refractivity contribution in [3.63, 3.8) is 0 Å². The van der Waals surface area contributed by atoms with Crippen molar-refractivity contribution in [1.29, 1.82) is 0 Å². The van der Waals surface area contributed by atoms with Crippen molar-refractivity contribution >= 4 is 11.8 Å². The van der Waals surface area contributed by atoms with E-state index in [4.69, 9.17) is 4.74 Å². The molecule has 1 aliphatic heterocycles. The molecule has 0 radical (unpaired) electrons. The van der Waals surface area contributed by atoms with Gasteiger partial charge in [0.05, 0.1) is 12.2 Å². The summed E-state index contributed by atoms with van der Waals surface area (Å²) in [4.78, 5) is 29.3. The smallest absolute Gasteiger partial charge is 0.256 e. The van der Waals surface area contributed by atoms with Gasteiger partial charge in [-0.15, -0.1) is 0 Å². The molecule has 0 unspecified atom stereocenters. The maximum atomic E-state index is 14.2. The maximum Gasteiger partial charge on any atom is 0.256 e. The van der Waals surface area contributed by atoms with Gasteiger partial charge in [-0.05, 0) is 54.8 Å². The van der Waals surface area contributed by atoms with E-state index in [1.54, 1.807) is 11.9 Å². The Labute approximate surface area is 214 Å². The minimum Gasteiger partial charge on any atom is -0.493 e. The predicted octanol–water partition coefficient (Wildman–Crippen LogP) is 5.45. The standard InChI is InChI=1S/C29H29F3N2O3/c1-33(19-21-5-3-2-4-6-21)27(35)18-29(20-37-24-10-7-22(30)8-11-24)13-15-34(16-14-29)28(36)25-12-9-23(31)17-26(25)32/h2-12,17H,13-16,18-20H2,1H3. The second-order valence-electron chi connectivity index (χ2n) is 9.57. The Bertz CT molecular complexity index is 1230. The Balaban J connectivity index is 1.46. The van der Waals surface area contributed by atoms with Gasteiger partial charge in [0.25, 0.3) is 5.91 Å². The molecule has 0 bridgehead atoms. The quantitative estimate of drug-likeness (QED) is 0.405. The molecule has 3 aromatic carbocycles. The zero-order valence-electron chi connectivity index (χ0n) is 20.6. The predicted molar refractivity (Wildman–Crippen MR) is 133 cm³/mol. The first-order chi connectivity index (χ1) is 17.7. The minimum atomic E-state index is -0.904. The number of ether oxygens (including phenoxy) is 1. The van der Waals surface area contributed by atoms with Gasteiger partial charge in [0, 0.05) is 44.6 Å². The van der Waals surface area contributed by atoms with Crippen molar-refractivity contribution in [2.45, 2.75) is 25.8 Å². The minimum absolute atomic E-state index is 0.0593. The van der Waals surface area contributed by atoms with Gasteiger partial charge in [-0.3, -0.25) is 9.59 Å². The zero-order valence-corrected chi connectivity index (χ0v) is 20.6. The van der Waals surface area contributed by atoms with Crippen molar-refractivity contribution in [2.24, 2.45) is 5.41 Å². The van der Waals surface area contributed by atoms with Crippen LogP contribution in [0.15, 0.2) is 72.8 Å². The third kappa shape index (κ3) is 6.70. The van der Waals surface area contributed by atoms with Crippen LogP contribution in [0.1, 0.15) is 35.2 Å². The van der Waals surface area contributed by atoms with E-state index in [1.807, 2.05) is 30.3 Å². The summed E-state index contributed by atoms with van der Waals surface area (Å²) < 4.78 is 46.8. The van der Waals surface area contributed by atoms with Gasteiger partial charge < -0.3 is 14.5 Å². The highest BCUT2D eigenvalue weighted by molar-refractivity contribution is 5.94. The fourth-order valence-electron chi connectivity index (χ4n) is 4.56. The summed E-state index contributed by atoms with van der Waals surface area (Å²) in [6.45, 7) is 1.25. The number of likely N-dealkylation sites (tertiary alicyclic amines) is 1. The van der Waals surface area contributed by atoms with Crippen LogP contribution in [0.5, 0.6) is 5.75 Å². The molecular formula is C29H29F3N2O3. The van der Waals surface area contributed by atoms with Crippen molar-refractivity contribution in [1.82, 2.24) is 9.80 Å². The van der Waals surface area contributed by atoms with Crippen LogP contribution in [0.25, 0.3) is 0 Å². The monoisotopic (exact) mass is 510 g/mol. The second kappa shape index (κ2) is 11.5. The summed E-state index contributed by atoms with van der Waals surface area (Å²) in [6, 6.07) is 18.2. The van der Waals surface area contributed by atoms with Crippen LogP contribution in [0.4, 0.5) is 13.2 Å². The van der Waals surface area contributed by atoms with Gasteiger partial charge in [-0.1, -0.05) is 30.3 Å². The summed E-state index contributed by atoms with van der Waals surface area (Å²) in [5, 5.41) is 0. The average Bonchev–Trinajstić information content (AvgIpc) is 2.89. The van der Waals surface area contributed by atoms with E-state index in [0.29, 0.717) is 31.2 Å². The number of rotatable bonds is 8. The van der Waals surface area contributed by atoms with E-state index < -0.39 is 23.0 Å². The Morgan fingerprint density at radius 2 is 1.57 bits per heavy atom. The number of hydrogen-bond donors (Lipinski definition) is 0. The van der Waals surface area contributed by atoms with Crippen LogP contribution in [0.2, 0.25) is 0 Å². The van der Waals surface area contributed by atoms with E-state index in [2.05, 4.69) is 0 Å². The van der Waals surface area contributed by atoms with Crippen LogP contribution >= 0.6 is 0 Å². The van der Waals surface area contributed by atoms with Crippen LogP contribution in [0, 0.1) is 22.9 Å². The largest absolute Gasteiger partial charge is 0.493 e. The lowest BCUT2D eigenvalue weighted by Gasteiger charge is -2.42. The fraction of sp³-hybridized carbons (Fsp3) is 0.310. The van der Waals surface area contributed by atoms with Gasteiger partial charge >= 0.3 is 0 Å². The molecule has 5 nitrogen and oxygen atoms in total. The van der Waals surface area contributed by atoms with Crippen LogP contribution in [-0.2, 0) is 11.3 Å². The lowest BCUT2D eigenvalue weighted by molar-refractivity contribution is -0.134. The number of nitrogens with zero attached hydrogens (tertiary/aromatic N) is 2. The molecule has 0 atom stereocenters. The van der Waals surface area contributed by atoms with Gasteiger partial charge in [-0.25, -0.2) is 13.2 Å². The summed E-state index contributed by atoms with van der Waals surface area (Å²) in [5.74, 6) is -2.12. The van der Waals surface area contributed by atoms with E-state index in [1.165, 1.54) is 29.2 Å². The molecule has 8 heteroatoms. The molecule has 0 N–H and O–H groups in total. The number of amides is 2. The normalized spacial score (nSPS) is 14.8. The van der Waals surface area contributed by atoms with Crippen molar-refractivity contribution in [2.75, 3.05) is 26.7 Å². The molecule has 2 amide bonds. The molecule has 37 heavy (non-hydrogen) atoms. The number of piperidine rings is 1. The van der Waals surface area contributed by atoms with Gasteiger partial charge in [-0.2, -0.15) is 0 Å². The molecule has 194 valence electrons. The summed E-state index contributed by atoms with van der Waals surface area (Å²) in [5.41, 5.74) is 0.251. The number of benzene rings is 3. The van der Waals surface area contributed by atoms with Gasteiger partial charge in [0.15, 0.2) is 0 Å². The molecule has 4 rings (SSSR count). The highest BCUT2D eigenvalue weighted by Crippen LogP contribution is 2.37. The highest BCUT2D eigenvalue weighted by atomic mass is 19.1. The van der Waals surface area contributed by atoms with Crippen molar-refractivity contribution in [3.8, 4) is 5.75 Å². The Morgan fingerprint density at radius 1 is 0.919 bits per heavy atom. The molecule has 0 aliphatic carbocycles. The molecular weight excluding hydrogens is 481 g/mol. The molecule has 1 heterocycles. The summed E-state index contributed by atoms with van der Waals surface area (Å²) >= 11 is 0. The molecule has 0 aromatic heterocycles. The maximum absolute atomic E-state index is 14.2. The van der Waals surface area contributed by atoms with E-state index in [-0.39, 0.29) is 43.4 Å². The van der Waals surface area contributed by atoms with Crippen molar-refractivity contribution in [3.05, 3.63) is 101 Å². The molecule has 0 saturated carbocycles. The Kier molecular flexibility index (Phi) is 8.16. The first-order valence-corrected chi connectivity index (χ1v) is 12.2. The number of carbonyl (C=O) groups is 2. The SMILES string of the molecule is CN(Cc1ccccc1)C(=O)CC1(COc2ccc(F)cc2)CCN(C(=O)c2ccc(F)cc2F)CC1. The second-order valence-corrected chi connectivity index (χ2v) is 9.57. The number of halogens is 3. The van der Waals surface area contributed by atoms with Crippen LogP contribution < -0.4 is 4.74 Å². The van der Waals surface area contributed by atoms with E-state index in [0.717, 1.165) is 17.7 Å². The van der Waals surface area contributed by atoms with Gasteiger partial charge in [0.1, 0.15) is 23.2 Å². The number of carbonyl (C=O) groups excluding carboxylic acids is 2. The lowest BCUT2D eigenvalue weighted by Crippen LogP contribution is -2.47. The highest BCUT2D eigenvalue weighted by Gasteiger charge is 2.40. The van der Waals surface area contributed by atoms with Crippen LogP contribution in [0.3, 0.4) is 0 Å². The van der Waals surface area contributed by atoms with Crippen LogP contribution in [-0.4, -0.2) is 48.4 Å². The molecule has 0 spiro atoms. The van der Waals surface area contributed by atoms with Gasteiger partial charge in [0.2, 0.25) is 5.91 Å². The third-order valence-corrected chi connectivity index (χ3v) is 6.85. The molecule has 1 aliphatic rings. The van der Waals surface area contributed by atoms with Crippen molar-refractivity contribution < 1.29 is 27.5 Å². The Hall–Kier alpha value is -3.81. The lowest BCUT2D eigenvalue weighted by atomic mass is 9.75. The fourth-order valence-corrected chi connectivity index (χ4v) is 4.56. The molecule has 3 aromatic rings. The topological polar surface area (TPSA) is 49.9 Å². The first-order valence-electron chi connectivity index (χ1n) is 12.2. The zero-order chi connectivity index (χ0) is 26.4. The van der Waals surface area contributed by atoms with E-state index in [9.17, 15) is 22.8 Å². The average molecular weight is 511 g/mol. The number of hydrogen-bond acceptors (Lipinski definition) is 3. The summed E-state index contributed by atoms with van der Waals surface area (Å²) in [6.07, 6.45) is 1.10. The molecule has 1 fully saturated rings. The first kappa shape index (κ1) is 26.3. The Morgan fingerprint density at radius 3 is 2.22 bits per heavy atom.